The molecule has 0 atom stereocenters. The van der Waals surface area contributed by atoms with E-state index in [1.54, 1.807) is 0 Å². The van der Waals surface area contributed by atoms with E-state index in [0.717, 1.165) is 10.2 Å². The Balaban J connectivity index is 2.71. The first-order chi connectivity index (χ1) is 5.18. The molecule has 0 bridgehead atoms. The van der Waals surface area contributed by atoms with Gasteiger partial charge in [-0.15, -0.1) is 0 Å². The van der Waals surface area contributed by atoms with E-state index in [1.165, 1.54) is 0 Å². The summed E-state index contributed by atoms with van der Waals surface area (Å²) in [7, 11) is 3.92. The van der Waals surface area contributed by atoms with Crippen molar-refractivity contribution in [1.29, 1.82) is 0 Å². The van der Waals surface area contributed by atoms with E-state index in [0.29, 0.717) is 0 Å². The fourth-order valence-electron chi connectivity index (χ4n) is 0.816. The van der Waals surface area contributed by atoms with Gasteiger partial charge in [-0.1, -0.05) is 22.0 Å². The zero-order chi connectivity index (χ0) is 8.27. The Bertz CT molecular complexity index is 235. The van der Waals surface area contributed by atoms with Crippen LogP contribution in [0.15, 0.2) is 28.7 Å². The number of nitrogens with one attached hydrogen (secondary N) is 1. The van der Waals surface area contributed by atoms with Gasteiger partial charge in [0.05, 0.1) is 5.69 Å². The zero-order valence-corrected chi connectivity index (χ0v) is 8.22. The summed E-state index contributed by atoms with van der Waals surface area (Å²) >= 11 is 3.39. The summed E-state index contributed by atoms with van der Waals surface area (Å²) in [4.78, 5) is 0. The van der Waals surface area contributed by atoms with Crippen LogP contribution in [0.3, 0.4) is 0 Å². The average molecular weight is 215 g/mol. The maximum atomic E-state index is 3.39. The predicted octanol–water partition coefficient (Wildman–Crippen LogP) is 2.34. The maximum absolute atomic E-state index is 3.39. The van der Waals surface area contributed by atoms with Gasteiger partial charge in [0.2, 0.25) is 0 Å². The zero-order valence-electron chi connectivity index (χ0n) is 6.63. The molecule has 2 nitrogen and oxygen atoms in total. The molecule has 3 heteroatoms. The van der Waals surface area contributed by atoms with Gasteiger partial charge in [0.1, 0.15) is 0 Å². The van der Waals surface area contributed by atoms with Crippen molar-refractivity contribution in [2.75, 3.05) is 19.5 Å². The van der Waals surface area contributed by atoms with Gasteiger partial charge >= 0.3 is 0 Å². The van der Waals surface area contributed by atoms with Gasteiger partial charge in [0.25, 0.3) is 0 Å². The van der Waals surface area contributed by atoms with Crippen molar-refractivity contribution in [2.24, 2.45) is 0 Å². The second kappa shape index (κ2) is 3.74. The van der Waals surface area contributed by atoms with Crippen LogP contribution in [-0.4, -0.2) is 19.1 Å². The predicted molar refractivity (Wildman–Crippen MR) is 51.5 cm³/mol. The third kappa shape index (κ3) is 2.91. The molecule has 0 fully saturated rings. The summed E-state index contributed by atoms with van der Waals surface area (Å²) < 4.78 is 1.09. The highest BCUT2D eigenvalue weighted by Gasteiger charge is 1.92. The van der Waals surface area contributed by atoms with Crippen molar-refractivity contribution in [1.82, 2.24) is 5.01 Å². The van der Waals surface area contributed by atoms with Crippen molar-refractivity contribution in [2.45, 2.75) is 0 Å². The Morgan fingerprint density at radius 2 is 2.09 bits per heavy atom. The van der Waals surface area contributed by atoms with E-state index >= 15 is 0 Å². The average Bonchev–Trinajstić information content (AvgIpc) is 1.85. The summed E-state index contributed by atoms with van der Waals surface area (Å²) in [6.07, 6.45) is 0. The molecule has 60 valence electrons. The fourth-order valence-corrected chi connectivity index (χ4v) is 1.22. The number of hydrogen-bond donors (Lipinski definition) is 1. The first-order valence-electron chi connectivity index (χ1n) is 3.38. The molecule has 0 unspecified atom stereocenters. The monoisotopic (exact) mass is 214 g/mol. The highest BCUT2D eigenvalue weighted by Crippen LogP contribution is 2.15. The van der Waals surface area contributed by atoms with Crippen molar-refractivity contribution in [3.63, 3.8) is 0 Å². The standard InChI is InChI=1S/C8H11BrN2/c1-11(2)10-8-5-3-4-7(9)6-8/h3-6,10H,1-2H3. The molecule has 0 radical (unpaired) electrons. The lowest BCUT2D eigenvalue weighted by Gasteiger charge is -2.12. The molecule has 11 heavy (non-hydrogen) atoms. The molecule has 0 amide bonds. The number of hydrazine groups is 1. The van der Waals surface area contributed by atoms with E-state index in [1.807, 2.05) is 43.4 Å². The number of halogens is 1. The summed E-state index contributed by atoms with van der Waals surface area (Å²) in [6, 6.07) is 8.04. The van der Waals surface area contributed by atoms with Crippen LogP contribution in [0.1, 0.15) is 0 Å². The largest absolute Gasteiger partial charge is 0.319 e. The highest BCUT2D eigenvalue weighted by molar-refractivity contribution is 9.10. The SMILES string of the molecule is CN(C)Nc1cccc(Br)c1. The Hall–Kier alpha value is -0.540. The Morgan fingerprint density at radius 3 is 2.64 bits per heavy atom. The first kappa shape index (κ1) is 8.56. The van der Waals surface area contributed by atoms with Gasteiger partial charge in [-0.3, -0.25) is 0 Å². The van der Waals surface area contributed by atoms with E-state index in [-0.39, 0.29) is 0 Å². The van der Waals surface area contributed by atoms with Crippen molar-refractivity contribution < 1.29 is 0 Å². The normalized spacial score (nSPS) is 10.2. The van der Waals surface area contributed by atoms with Crippen molar-refractivity contribution >= 4 is 21.6 Å². The molecular weight excluding hydrogens is 204 g/mol. The minimum Gasteiger partial charge on any atom is -0.319 e. The summed E-state index contributed by atoms with van der Waals surface area (Å²) in [5.74, 6) is 0. The minimum atomic E-state index is 1.09. The Kier molecular flexibility index (Phi) is 2.91. The summed E-state index contributed by atoms with van der Waals surface area (Å²) in [6.45, 7) is 0. The third-order valence-corrected chi connectivity index (χ3v) is 1.67. The summed E-state index contributed by atoms with van der Waals surface area (Å²) in [5.41, 5.74) is 4.24. The molecule has 0 aromatic heterocycles. The van der Waals surface area contributed by atoms with Gasteiger partial charge in [-0.05, 0) is 18.2 Å². The smallest absolute Gasteiger partial charge is 0.0501 e. The van der Waals surface area contributed by atoms with Gasteiger partial charge in [0, 0.05) is 18.6 Å². The molecule has 0 aliphatic rings. The van der Waals surface area contributed by atoms with Crippen LogP contribution >= 0.6 is 15.9 Å². The highest BCUT2D eigenvalue weighted by atomic mass is 79.9. The van der Waals surface area contributed by atoms with Gasteiger partial charge in [-0.2, -0.15) is 0 Å². The number of hydrogen-bond acceptors (Lipinski definition) is 2. The molecule has 0 spiro atoms. The molecule has 1 N–H and O–H groups in total. The fraction of sp³-hybridized carbons (Fsp3) is 0.250. The number of rotatable bonds is 2. The van der Waals surface area contributed by atoms with Gasteiger partial charge < -0.3 is 5.43 Å². The lowest BCUT2D eigenvalue weighted by Crippen LogP contribution is -2.19. The van der Waals surface area contributed by atoms with Gasteiger partial charge in [0.15, 0.2) is 0 Å². The first-order valence-corrected chi connectivity index (χ1v) is 4.17. The minimum absolute atomic E-state index is 1.09. The maximum Gasteiger partial charge on any atom is 0.0501 e. The van der Waals surface area contributed by atoms with Crippen LogP contribution in [0.2, 0.25) is 0 Å². The van der Waals surface area contributed by atoms with Crippen molar-refractivity contribution in [3.8, 4) is 0 Å². The van der Waals surface area contributed by atoms with E-state index in [9.17, 15) is 0 Å². The lowest BCUT2D eigenvalue weighted by atomic mass is 10.3. The molecule has 1 aromatic rings. The van der Waals surface area contributed by atoms with Crippen LogP contribution < -0.4 is 5.43 Å². The molecule has 0 saturated heterocycles. The van der Waals surface area contributed by atoms with Crippen LogP contribution in [-0.2, 0) is 0 Å². The van der Waals surface area contributed by atoms with Crippen LogP contribution in [0.25, 0.3) is 0 Å². The van der Waals surface area contributed by atoms with E-state index in [2.05, 4.69) is 21.4 Å². The number of anilines is 1. The summed E-state index contributed by atoms with van der Waals surface area (Å²) in [5, 5.41) is 1.90. The molecule has 0 aliphatic heterocycles. The number of nitrogens with zero attached hydrogens (tertiary/aromatic N) is 1. The second-order valence-corrected chi connectivity index (χ2v) is 3.43. The van der Waals surface area contributed by atoms with E-state index in [4.69, 9.17) is 0 Å². The molecule has 0 heterocycles. The van der Waals surface area contributed by atoms with Crippen molar-refractivity contribution in [3.05, 3.63) is 28.7 Å². The van der Waals surface area contributed by atoms with E-state index < -0.39 is 0 Å². The molecule has 1 aromatic carbocycles. The molecule has 0 saturated carbocycles. The Morgan fingerprint density at radius 1 is 1.36 bits per heavy atom. The molecule has 1 rings (SSSR count). The van der Waals surface area contributed by atoms with Crippen LogP contribution in [0.5, 0.6) is 0 Å². The third-order valence-electron chi connectivity index (χ3n) is 1.18. The second-order valence-electron chi connectivity index (χ2n) is 2.52. The number of benzene rings is 1. The quantitative estimate of drug-likeness (QED) is 0.761. The van der Waals surface area contributed by atoms with Crippen LogP contribution in [0.4, 0.5) is 5.69 Å². The lowest BCUT2D eigenvalue weighted by molar-refractivity contribution is 0.495. The Labute approximate surface area is 75.3 Å². The molecular formula is C8H11BrN2. The molecule has 0 aliphatic carbocycles. The topological polar surface area (TPSA) is 15.3 Å². The van der Waals surface area contributed by atoms with Crippen LogP contribution in [0, 0.1) is 0 Å². The van der Waals surface area contributed by atoms with Gasteiger partial charge in [-0.25, -0.2) is 5.01 Å².